The molecule has 0 N–H and O–H groups in total. The molecule has 4 nitrogen and oxygen atoms in total. The van der Waals surface area contributed by atoms with Gasteiger partial charge in [-0.1, -0.05) is 25.0 Å². The maximum atomic E-state index is 12.5. The molecule has 112 valence electrons. The first-order chi connectivity index (χ1) is 10.2. The molecule has 0 aromatic heterocycles. The standard InChI is InChI=1S/C17H22N2O2/c1-21-16-8-6-14(7-9-16)12-15(13-18)17(20)19-10-4-2-3-5-11-19/h6-9,15H,2-5,10-12H2,1H3. The Morgan fingerprint density at radius 3 is 2.38 bits per heavy atom. The third kappa shape index (κ3) is 4.22. The summed E-state index contributed by atoms with van der Waals surface area (Å²) in [5, 5.41) is 9.34. The van der Waals surface area contributed by atoms with Crippen molar-refractivity contribution < 1.29 is 9.53 Å². The molecule has 1 aliphatic heterocycles. The van der Waals surface area contributed by atoms with Gasteiger partial charge in [0.25, 0.3) is 0 Å². The van der Waals surface area contributed by atoms with Crippen molar-refractivity contribution in [1.82, 2.24) is 4.90 Å². The maximum Gasteiger partial charge on any atom is 0.240 e. The number of ether oxygens (including phenoxy) is 1. The van der Waals surface area contributed by atoms with E-state index >= 15 is 0 Å². The Bertz CT molecular complexity index is 497. The third-order valence-corrected chi connectivity index (χ3v) is 3.97. The summed E-state index contributed by atoms with van der Waals surface area (Å²) in [6.45, 7) is 1.58. The first kappa shape index (κ1) is 15.4. The molecule has 1 aliphatic rings. The van der Waals surface area contributed by atoms with E-state index in [9.17, 15) is 10.1 Å². The predicted molar refractivity (Wildman–Crippen MR) is 80.8 cm³/mol. The van der Waals surface area contributed by atoms with E-state index in [1.54, 1.807) is 7.11 Å². The summed E-state index contributed by atoms with van der Waals surface area (Å²) >= 11 is 0. The van der Waals surface area contributed by atoms with Gasteiger partial charge in [0.2, 0.25) is 5.91 Å². The second kappa shape index (κ2) is 7.68. The minimum atomic E-state index is -0.587. The van der Waals surface area contributed by atoms with Crippen molar-refractivity contribution >= 4 is 5.91 Å². The summed E-state index contributed by atoms with van der Waals surface area (Å²) < 4.78 is 5.12. The third-order valence-electron chi connectivity index (χ3n) is 3.97. The predicted octanol–water partition coefficient (Wildman–Crippen LogP) is 2.78. The second-order valence-corrected chi connectivity index (χ2v) is 5.47. The normalized spacial score (nSPS) is 16.7. The molecule has 1 aromatic rings. The molecule has 0 spiro atoms. The molecular formula is C17H22N2O2. The SMILES string of the molecule is COc1ccc(CC(C#N)C(=O)N2CCCCCC2)cc1. The zero-order chi connectivity index (χ0) is 15.1. The average molecular weight is 286 g/mol. The van der Waals surface area contributed by atoms with Crippen LogP contribution >= 0.6 is 0 Å². The number of hydrogen-bond donors (Lipinski definition) is 0. The molecule has 4 heteroatoms. The number of nitrogens with zero attached hydrogens (tertiary/aromatic N) is 2. The Labute approximate surface area is 126 Å². The topological polar surface area (TPSA) is 53.3 Å². The molecule has 1 heterocycles. The Morgan fingerprint density at radius 2 is 1.86 bits per heavy atom. The fraction of sp³-hybridized carbons (Fsp3) is 0.529. The van der Waals surface area contributed by atoms with Crippen LogP contribution in [0.3, 0.4) is 0 Å². The molecule has 0 radical (unpaired) electrons. The first-order valence-corrected chi connectivity index (χ1v) is 7.56. The lowest BCUT2D eigenvalue weighted by Gasteiger charge is -2.23. The van der Waals surface area contributed by atoms with E-state index in [0.29, 0.717) is 6.42 Å². The van der Waals surface area contributed by atoms with Crippen molar-refractivity contribution in [2.75, 3.05) is 20.2 Å². The number of hydrogen-bond acceptors (Lipinski definition) is 3. The van der Waals surface area contributed by atoms with Gasteiger partial charge in [-0.25, -0.2) is 0 Å². The summed E-state index contributed by atoms with van der Waals surface area (Å²) in [5.74, 6) is 0.179. The molecule has 1 unspecified atom stereocenters. The molecule has 1 aromatic carbocycles. The number of methoxy groups -OCH3 is 1. The van der Waals surface area contributed by atoms with Crippen LogP contribution in [0, 0.1) is 17.2 Å². The molecule has 1 fully saturated rings. The van der Waals surface area contributed by atoms with E-state index in [4.69, 9.17) is 4.74 Å². The van der Waals surface area contributed by atoms with E-state index in [0.717, 1.165) is 37.2 Å². The summed E-state index contributed by atoms with van der Waals surface area (Å²) in [7, 11) is 1.62. The van der Waals surface area contributed by atoms with Gasteiger partial charge in [-0.15, -0.1) is 0 Å². The lowest BCUT2D eigenvalue weighted by atomic mass is 9.99. The molecule has 0 aliphatic carbocycles. The zero-order valence-corrected chi connectivity index (χ0v) is 12.5. The van der Waals surface area contributed by atoms with Crippen LogP contribution in [0.25, 0.3) is 0 Å². The minimum Gasteiger partial charge on any atom is -0.497 e. The van der Waals surface area contributed by atoms with Crippen molar-refractivity contribution in [2.24, 2.45) is 5.92 Å². The highest BCUT2D eigenvalue weighted by Gasteiger charge is 2.25. The van der Waals surface area contributed by atoms with Crippen molar-refractivity contribution in [1.29, 1.82) is 5.26 Å². The quantitative estimate of drug-likeness (QED) is 0.855. The molecule has 1 amide bonds. The van der Waals surface area contributed by atoms with Crippen molar-refractivity contribution in [3.63, 3.8) is 0 Å². The zero-order valence-electron chi connectivity index (χ0n) is 12.5. The van der Waals surface area contributed by atoms with Gasteiger partial charge in [0.05, 0.1) is 13.2 Å². The Morgan fingerprint density at radius 1 is 1.24 bits per heavy atom. The van der Waals surface area contributed by atoms with Crippen LogP contribution in [-0.4, -0.2) is 31.0 Å². The largest absolute Gasteiger partial charge is 0.497 e. The molecular weight excluding hydrogens is 264 g/mol. The Balaban J connectivity index is 2.00. The number of carbonyl (C=O) groups is 1. The van der Waals surface area contributed by atoms with Crippen molar-refractivity contribution in [3.05, 3.63) is 29.8 Å². The molecule has 0 saturated carbocycles. The highest BCUT2D eigenvalue weighted by atomic mass is 16.5. The second-order valence-electron chi connectivity index (χ2n) is 5.47. The highest BCUT2D eigenvalue weighted by Crippen LogP contribution is 2.18. The van der Waals surface area contributed by atoms with Crippen LogP contribution in [-0.2, 0) is 11.2 Å². The Kier molecular flexibility index (Phi) is 5.62. The molecule has 0 bridgehead atoms. The average Bonchev–Trinajstić information content (AvgIpc) is 2.81. The van der Waals surface area contributed by atoms with E-state index in [1.165, 1.54) is 12.8 Å². The van der Waals surface area contributed by atoms with Gasteiger partial charge >= 0.3 is 0 Å². The van der Waals surface area contributed by atoms with Gasteiger partial charge in [0.15, 0.2) is 0 Å². The van der Waals surface area contributed by atoms with Gasteiger partial charge in [0.1, 0.15) is 11.7 Å². The van der Waals surface area contributed by atoms with E-state index < -0.39 is 5.92 Å². The van der Waals surface area contributed by atoms with Gasteiger partial charge in [-0.2, -0.15) is 5.26 Å². The van der Waals surface area contributed by atoms with Crippen LogP contribution in [0.4, 0.5) is 0 Å². The molecule has 1 atom stereocenters. The monoisotopic (exact) mass is 286 g/mol. The molecule has 21 heavy (non-hydrogen) atoms. The smallest absolute Gasteiger partial charge is 0.240 e. The lowest BCUT2D eigenvalue weighted by Crippen LogP contribution is -2.37. The van der Waals surface area contributed by atoms with Crippen molar-refractivity contribution in [3.8, 4) is 11.8 Å². The van der Waals surface area contributed by atoms with E-state index in [-0.39, 0.29) is 5.91 Å². The number of amides is 1. The van der Waals surface area contributed by atoms with Crippen molar-refractivity contribution in [2.45, 2.75) is 32.1 Å². The Hall–Kier alpha value is -2.02. The van der Waals surface area contributed by atoms with E-state index in [2.05, 4.69) is 6.07 Å². The van der Waals surface area contributed by atoms with Crippen LogP contribution in [0.2, 0.25) is 0 Å². The van der Waals surface area contributed by atoms with Gasteiger partial charge in [0, 0.05) is 13.1 Å². The fourth-order valence-electron chi connectivity index (χ4n) is 2.70. The fourth-order valence-corrected chi connectivity index (χ4v) is 2.70. The summed E-state index contributed by atoms with van der Waals surface area (Å²) in [4.78, 5) is 14.4. The molecule has 2 rings (SSSR count). The summed E-state index contributed by atoms with van der Waals surface area (Å²) in [5.41, 5.74) is 0.991. The van der Waals surface area contributed by atoms with Gasteiger partial charge in [-0.3, -0.25) is 4.79 Å². The summed E-state index contributed by atoms with van der Waals surface area (Å²) in [6.07, 6.45) is 4.92. The lowest BCUT2D eigenvalue weighted by molar-refractivity contribution is -0.133. The number of rotatable bonds is 4. The van der Waals surface area contributed by atoms with E-state index in [1.807, 2.05) is 29.2 Å². The van der Waals surface area contributed by atoms with Crippen LogP contribution in [0.15, 0.2) is 24.3 Å². The number of carbonyl (C=O) groups excluding carboxylic acids is 1. The number of benzene rings is 1. The maximum absolute atomic E-state index is 12.5. The van der Waals surface area contributed by atoms with Crippen LogP contribution in [0.1, 0.15) is 31.2 Å². The molecule has 1 saturated heterocycles. The summed E-state index contributed by atoms with van der Waals surface area (Å²) in [6, 6.07) is 9.73. The first-order valence-electron chi connectivity index (χ1n) is 7.56. The number of likely N-dealkylation sites (tertiary alicyclic amines) is 1. The van der Waals surface area contributed by atoms with Gasteiger partial charge < -0.3 is 9.64 Å². The van der Waals surface area contributed by atoms with Crippen LogP contribution in [0.5, 0.6) is 5.75 Å². The highest BCUT2D eigenvalue weighted by molar-refractivity contribution is 5.81. The van der Waals surface area contributed by atoms with Crippen LogP contribution < -0.4 is 4.74 Å². The van der Waals surface area contributed by atoms with Gasteiger partial charge in [-0.05, 0) is 37.0 Å². The minimum absolute atomic E-state index is 0.0183. The number of nitriles is 1.